The first-order chi connectivity index (χ1) is 38.2. The van der Waals surface area contributed by atoms with E-state index in [1.807, 2.05) is 48.5 Å². The topological polar surface area (TPSA) is 242 Å². The Kier molecular flexibility index (Phi) is 19.5. The fourth-order valence-corrected chi connectivity index (χ4v) is 8.62. The highest BCUT2D eigenvalue weighted by molar-refractivity contribution is 7.88. The third-order valence-electron chi connectivity index (χ3n) is 12.5. The van der Waals surface area contributed by atoms with Gasteiger partial charge >= 0.3 is 21.6 Å². The molecule has 82 heavy (non-hydrogen) atoms. The van der Waals surface area contributed by atoms with Crippen LogP contribution in [0.25, 0.3) is 43.9 Å². The standard InChI is InChI=1S/C14H20O3Si.C10H8O3.C10H8O2.C9H5F3O4S.C8H6O3.C8H6O2.CH4/c1-14(2,3)18(4,5)17-10-6-7-11-12(15)9-16-13(11)8-10;1-12-10(11)8-3-2-7-4-5-13-9(7)6-8;1-7(11)9-3-2-8-4-5-12-10(8)6-9;10-9(11,12)17(13,14)16-7-2-1-6-3-4-15-8(6)5-7;9-5-1-2-6-7(10)4-11-8(6)3-5;9-7-2-1-6-3-4-10-8(6)5-7;/h6-8H,9H2,1-5H3;2-6H,1H3;2-6H,1H3;1-5H;1-3,9H,4H2;1-5,9H;1H4. The summed E-state index contributed by atoms with van der Waals surface area (Å²) in [6, 6.07) is 36.4. The van der Waals surface area contributed by atoms with Crippen molar-refractivity contribution in [3.8, 4) is 34.5 Å². The van der Waals surface area contributed by atoms with Crippen LogP contribution in [0.4, 0.5) is 13.2 Å². The number of phenolic OH excluding ortho intramolecular Hbond substituents is 2. The molecule has 0 radical (unpaired) electrons. The molecule has 0 spiro atoms. The van der Waals surface area contributed by atoms with E-state index in [-0.39, 0.29) is 66.1 Å². The summed E-state index contributed by atoms with van der Waals surface area (Å²) >= 11 is 0. The third kappa shape index (κ3) is 15.5. The lowest BCUT2D eigenvalue weighted by Gasteiger charge is -2.36. The third-order valence-corrected chi connectivity index (χ3v) is 17.8. The van der Waals surface area contributed by atoms with Gasteiger partial charge in [0.25, 0.3) is 0 Å². The molecule has 0 atom stereocenters. The van der Waals surface area contributed by atoms with Crippen molar-refractivity contribution in [2.45, 2.75) is 58.8 Å². The van der Waals surface area contributed by atoms with E-state index in [1.54, 1.807) is 80.3 Å². The maximum atomic E-state index is 12.0. The van der Waals surface area contributed by atoms with Crippen LogP contribution in [0.1, 0.15) is 76.6 Å². The minimum absolute atomic E-state index is 0. The first-order valence-corrected chi connectivity index (χ1v) is 28.7. The lowest BCUT2D eigenvalue weighted by Crippen LogP contribution is -2.43. The molecular weight excluding hydrogens is 1110 g/mol. The molecule has 0 bridgehead atoms. The number of esters is 1. The number of phenols is 2. The van der Waals surface area contributed by atoms with Gasteiger partial charge in [-0.2, -0.15) is 21.6 Å². The highest BCUT2D eigenvalue weighted by atomic mass is 32.2. The summed E-state index contributed by atoms with van der Waals surface area (Å²) in [5.74, 6) is 1.57. The highest BCUT2D eigenvalue weighted by Crippen LogP contribution is 2.39. The number of alkyl halides is 3. The van der Waals surface area contributed by atoms with Crippen LogP contribution < -0.4 is 18.1 Å². The summed E-state index contributed by atoms with van der Waals surface area (Å²) < 4.78 is 103. The summed E-state index contributed by atoms with van der Waals surface area (Å²) in [5, 5.41) is 21.8. The molecule has 6 heterocycles. The Morgan fingerprint density at radius 1 is 0.561 bits per heavy atom. The number of methoxy groups -OCH3 is 1. The minimum Gasteiger partial charge on any atom is -0.543 e. The van der Waals surface area contributed by atoms with Crippen molar-refractivity contribution in [3.05, 3.63) is 181 Å². The SMILES string of the molecule is C.CC(=O)c1ccc2ccoc2c1.CC(C)(C)[Si](C)(C)Oc1ccc2c(c1)OCC2=O.COC(=O)c1ccc2ccoc2c1.O=C1COc2cc(O)ccc21.O=S(=O)(Oc1ccc2ccoc2c1)C(F)(F)F.Oc1ccc2ccoc2c1. The molecule has 0 amide bonds. The predicted molar refractivity (Wildman–Crippen MR) is 302 cm³/mol. The molecule has 0 aliphatic carbocycles. The zero-order valence-corrected chi connectivity index (χ0v) is 46.3. The van der Waals surface area contributed by atoms with Crippen LogP contribution in [0.3, 0.4) is 0 Å². The summed E-state index contributed by atoms with van der Waals surface area (Å²) in [6.07, 6.45) is 6.14. The van der Waals surface area contributed by atoms with E-state index in [0.29, 0.717) is 44.7 Å². The van der Waals surface area contributed by atoms with Crippen LogP contribution in [0.15, 0.2) is 176 Å². The van der Waals surface area contributed by atoms with E-state index < -0.39 is 29.7 Å². The molecule has 4 aromatic heterocycles. The zero-order chi connectivity index (χ0) is 58.9. The van der Waals surface area contributed by atoms with Gasteiger partial charge in [0, 0.05) is 51.4 Å². The van der Waals surface area contributed by atoms with Crippen LogP contribution in [0.5, 0.6) is 34.5 Å². The largest absolute Gasteiger partial charge is 0.543 e. The van der Waals surface area contributed by atoms with Crippen LogP contribution in [0, 0.1) is 0 Å². The quantitative estimate of drug-likeness (QED) is 0.0517. The Bertz CT molecular complexity index is 3990. The maximum absolute atomic E-state index is 12.0. The molecular formula is C60H57F3O17SSi. The van der Waals surface area contributed by atoms with Gasteiger partial charge in [0.05, 0.1) is 48.9 Å². The summed E-state index contributed by atoms with van der Waals surface area (Å²) in [7, 11) is -6.12. The first-order valence-electron chi connectivity index (χ1n) is 24.4. The van der Waals surface area contributed by atoms with Crippen molar-refractivity contribution in [2.75, 3.05) is 20.3 Å². The van der Waals surface area contributed by atoms with Crippen LogP contribution in [-0.2, 0) is 14.9 Å². The Labute approximate surface area is 469 Å². The van der Waals surface area contributed by atoms with Gasteiger partial charge in [0.15, 0.2) is 19.0 Å². The van der Waals surface area contributed by atoms with Gasteiger partial charge in [-0.15, -0.1) is 0 Å². The van der Waals surface area contributed by atoms with E-state index in [4.69, 9.17) is 41.8 Å². The number of aromatic hydroxyl groups is 2. The van der Waals surface area contributed by atoms with Crippen molar-refractivity contribution in [3.63, 3.8) is 0 Å². The number of ketones is 3. The average molecular weight is 1170 g/mol. The number of rotatable bonds is 6. The fraction of sp³-hybridized carbons (Fsp3) is 0.200. The van der Waals surface area contributed by atoms with Crippen LogP contribution in [-0.4, -0.2) is 76.1 Å². The van der Waals surface area contributed by atoms with Crippen molar-refractivity contribution < 1.29 is 91.5 Å². The average Bonchev–Trinajstić information content (AvgIpc) is 4.32. The van der Waals surface area contributed by atoms with Crippen molar-refractivity contribution in [2.24, 2.45) is 0 Å². The number of hydrogen-bond donors (Lipinski definition) is 2. The summed E-state index contributed by atoms with van der Waals surface area (Å²) in [4.78, 5) is 44.5. The monoisotopic (exact) mass is 1170 g/mol. The first kappa shape index (κ1) is 61.9. The molecule has 0 unspecified atom stereocenters. The van der Waals surface area contributed by atoms with E-state index in [9.17, 15) is 40.8 Å². The zero-order valence-electron chi connectivity index (χ0n) is 44.5. The van der Waals surface area contributed by atoms with Gasteiger partial charge in [-0.3, -0.25) is 14.4 Å². The van der Waals surface area contributed by atoms with Crippen molar-refractivity contribution >= 4 is 85.6 Å². The lowest BCUT2D eigenvalue weighted by molar-refractivity contribution is -0.0500. The summed E-state index contributed by atoms with van der Waals surface area (Å²) in [5.41, 5.74) is -0.612. The molecule has 2 aliphatic heterocycles. The number of carbonyl (C=O) groups is 4. The number of fused-ring (bicyclic) bond motifs is 6. The Morgan fingerprint density at radius 3 is 1.48 bits per heavy atom. The fourth-order valence-electron chi connectivity index (χ4n) is 7.14. The number of carbonyl (C=O) groups excluding carboxylic acids is 4. The molecule has 6 aromatic carbocycles. The second-order valence-electron chi connectivity index (χ2n) is 19.3. The molecule has 430 valence electrons. The molecule has 0 saturated heterocycles. The van der Waals surface area contributed by atoms with Crippen LogP contribution >= 0.6 is 0 Å². The number of Topliss-reactive ketones (excluding diaryl/α,β-unsaturated/α-hetero) is 3. The van der Waals surface area contributed by atoms with Gasteiger partial charge in [-0.25, -0.2) is 4.79 Å². The smallest absolute Gasteiger partial charge is 0.534 e. The Morgan fingerprint density at radius 2 is 0.976 bits per heavy atom. The molecule has 2 N–H and O–H groups in total. The van der Waals surface area contributed by atoms with Gasteiger partial charge in [0.1, 0.15) is 56.8 Å². The minimum atomic E-state index is -5.64. The molecule has 10 aromatic rings. The van der Waals surface area contributed by atoms with E-state index in [1.165, 1.54) is 31.6 Å². The molecule has 12 rings (SSSR count). The number of halogens is 3. The molecule has 0 fully saturated rings. The predicted octanol–water partition coefficient (Wildman–Crippen LogP) is 14.9. The molecule has 2 aliphatic rings. The van der Waals surface area contributed by atoms with E-state index in [0.717, 1.165) is 45.2 Å². The normalized spacial score (nSPS) is 12.4. The van der Waals surface area contributed by atoms with E-state index in [2.05, 4.69) is 42.8 Å². The second kappa shape index (κ2) is 25.9. The number of benzene rings is 6. The van der Waals surface area contributed by atoms with E-state index >= 15 is 0 Å². The van der Waals surface area contributed by atoms with Crippen LogP contribution in [0.2, 0.25) is 18.1 Å². The highest BCUT2D eigenvalue weighted by Gasteiger charge is 2.48. The van der Waals surface area contributed by atoms with Crippen molar-refractivity contribution in [1.82, 2.24) is 0 Å². The summed E-state index contributed by atoms with van der Waals surface area (Å²) in [6.45, 7) is 12.8. The van der Waals surface area contributed by atoms with Gasteiger partial charge in [-0.1, -0.05) is 46.4 Å². The van der Waals surface area contributed by atoms with Gasteiger partial charge in [-0.05, 0) is 116 Å². The van der Waals surface area contributed by atoms with Gasteiger partial charge in [0.2, 0.25) is 19.9 Å². The Hall–Kier alpha value is -9.28. The number of ether oxygens (including phenoxy) is 3. The number of furan rings is 4. The molecule has 22 heteroatoms. The van der Waals surface area contributed by atoms with Gasteiger partial charge < -0.3 is 50.7 Å². The number of hydrogen-bond acceptors (Lipinski definition) is 17. The van der Waals surface area contributed by atoms with Crippen molar-refractivity contribution in [1.29, 1.82) is 0 Å². The molecule has 0 saturated carbocycles. The lowest BCUT2D eigenvalue weighted by atomic mass is 10.1. The second-order valence-corrected chi connectivity index (χ2v) is 25.5. The Balaban J connectivity index is 0.000000160. The molecule has 17 nitrogen and oxygen atoms in total. The maximum Gasteiger partial charge on any atom is 0.534 e.